The van der Waals surface area contributed by atoms with Crippen molar-refractivity contribution in [3.63, 3.8) is 0 Å². The minimum absolute atomic E-state index is 0.0539. The topological polar surface area (TPSA) is 29.5 Å². The number of hydrogen-bond acceptors (Lipinski definition) is 2. The van der Waals surface area contributed by atoms with Crippen LogP contribution >= 0.6 is 11.6 Å². The van der Waals surface area contributed by atoms with Gasteiger partial charge in [0.05, 0.1) is 12.0 Å². The maximum absolute atomic E-state index is 11.7. The molecule has 1 aliphatic rings. The number of rotatable bonds is 4. The molecule has 0 aromatic heterocycles. The van der Waals surface area contributed by atoms with E-state index in [1.807, 2.05) is 31.2 Å². The van der Waals surface area contributed by atoms with Gasteiger partial charge in [-0.15, -0.1) is 11.6 Å². The van der Waals surface area contributed by atoms with Crippen molar-refractivity contribution in [1.29, 1.82) is 0 Å². The molecule has 92 valence electrons. The summed E-state index contributed by atoms with van der Waals surface area (Å²) in [6.45, 7) is 3.79. The summed E-state index contributed by atoms with van der Waals surface area (Å²) in [6.07, 6.45) is 0.443. The molecule has 1 fully saturated rings. The van der Waals surface area contributed by atoms with E-state index in [1.165, 1.54) is 0 Å². The number of carbonyl (C=O) groups is 1. The molecule has 1 heterocycles. The van der Waals surface area contributed by atoms with Gasteiger partial charge < -0.3 is 9.64 Å². The standard InChI is InChI=1S/C13H16ClNO2/c1-2-17-12-6-4-3-5-10(12)8-15-9-11(14)7-13(15)16/h3-6,11H,2,7-9H2,1H3. The molecule has 3 nitrogen and oxygen atoms in total. The molecular weight excluding hydrogens is 238 g/mol. The molecule has 17 heavy (non-hydrogen) atoms. The van der Waals surface area contributed by atoms with E-state index in [0.717, 1.165) is 11.3 Å². The van der Waals surface area contributed by atoms with Gasteiger partial charge in [-0.1, -0.05) is 18.2 Å². The van der Waals surface area contributed by atoms with Crippen LogP contribution in [0.4, 0.5) is 0 Å². The normalized spacial score (nSPS) is 19.8. The third-order valence-corrected chi connectivity index (χ3v) is 3.09. The Bertz CT molecular complexity index is 408. The third-order valence-electron chi connectivity index (χ3n) is 2.80. The SMILES string of the molecule is CCOc1ccccc1CN1CC(Cl)CC1=O. The van der Waals surface area contributed by atoms with Gasteiger partial charge in [0.1, 0.15) is 5.75 Å². The molecule has 1 saturated heterocycles. The minimum atomic E-state index is -0.0539. The van der Waals surface area contributed by atoms with Gasteiger partial charge in [0.15, 0.2) is 0 Å². The summed E-state index contributed by atoms with van der Waals surface area (Å²) >= 11 is 5.98. The summed E-state index contributed by atoms with van der Waals surface area (Å²) in [5.41, 5.74) is 1.04. The van der Waals surface area contributed by atoms with Gasteiger partial charge >= 0.3 is 0 Å². The molecule has 0 spiro atoms. The van der Waals surface area contributed by atoms with Crippen LogP contribution in [0.15, 0.2) is 24.3 Å². The summed E-state index contributed by atoms with van der Waals surface area (Å²) in [5.74, 6) is 0.970. The largest absolute Gasteiger partial charge is 0.494 e. The Hall–Kier alpha value is -1.22. The van der Waals surface area contributed by atoms with E-state index < -0.39 is 0 Å². The number of benzene rings is 1. The first-order valence-corrected chi connectivity index (χ1v) is 6.27. The molecule has 0 bridgehead atoms. The molecular formula is C13H16ClNO2. The summed E-state index contributed by atoms with van der Waals surface area (Å²) in [7, 11) is 0. The van der Waals surface area contributed by atoms with Gasteiger partial charge in [0, 0.05) is 25.1 Å². The van der Waals surface area contributed by atoms with Crippen LogP contribution in [-0.2, 0) is 11.3 Å². The predicted octanol–water partition coefficient (Wildman–Crippen LogP) is 2.43. The molecule has 2 rings (SSSR count). The monoisotopic (exact) mass is 253 g/mol. The number of likely N-dealkylation sites (tertiary alicyclic amines) is 1. The van der Waals surface area contributed by atoms with E-state index in [9.17, 15) is 4.79 Å². The fraction of sp³-hybridized carbons (Fsp3) is 0.462. The molecule has 1 amide bonds. The summed E-state index contributed by atoms with van der Waals surface area (Å²) < 4.78 is 5.54. The first-order valence-electron chi connectivity index (χ1n) is 5.83. The van der Waals surface area contributed by atoms with E-state index in [0.29, 0.717) is 26.1 Å². The van der Waals surface area contributed by atoms with Crippen LogP contribution in [0.25, 0.3) is 0 Å². The molecule has 1 aromatic carbocycles. The van der Waals surface area contributed by atoms with Crippen molar-refractivity contribution in [3.8, 4) is 5.75 Å². The van der Waals surface area contributed by atoms with Gasteiger partial charge in [0.25, 0.3) is 0 Å². The molecule has 1 atom stereocenters. The van der Waals surface area contributed by atoms with Crippen molar-refractivity contribution < 1.29 is 9.53 Å². The van der Waals surface area contributed by atoms with Crippen LogP contribution in [0.1, 0.15) is 18.9 Å². The second kappa shape index (κ2) is 5.41. The highest BCUT2D eigenvalue weighted by atomic mass is 35.5. The van der Waals surface area contributed by atoms with E-state index in [-0.39, 0.29) is 11.3 Å². The number of hydrogen-bond donors (Lipinski definition) is 0. The van der Waals surface area contributed by atoms with Crippen LogP contribution in [0.5, 0.6) is 5.75 Å². The number of carbonyl (C=O) groups excluding carboxylic acids is 1. The summed E-state index contributed by atoms with van der Waals surface area (Å²) in [5, 5.41) is -0.0539. The van der Waals surface area contributed by atoms with Crippen molar-refractivity contribution in [2.24, 2.45) is 0 Å². The average Bonchev–Trinajstić information content (AvgIpc) is 2.61. The Balaban J connectivity index is 2.10. The zero-order valence-electron chi connectivity index (χ0n) is 9.86. The maximum Gasteiger partial charge on any atom is 0.224 e. The van der Waals surface area contributed by atoms with Crippen molar-refractivity contribution >= 4 is 17.5 Å². The lowest BCUT2D eigenvalue weighted by Crippen LogP contribution is -2.25. The zero-order valence-corrected chi connectivity index (χ0v) is 10.6. The molecule has 0 radical (unpaired) electrons. The minimum Gasteiger partial charge on any atom is -0.494 e. The second-order valence-electron chi connectivity index (χ2n) is 4.12. The van der Waals surface area contributed by atoms with E-state index >= 15 is 0 Å². The van der Waals surface area contributed by atoms with Crippen molar-refractivity contribution in [2.45, 2.75) is 25.3 Å². The molecule has 1 aromatic rings. The highest BCUT2D eigenvalue weighted by Crippen LogP contribution is 2.24. The molecule has 0 saturated carbocycles. The maximum atomic E-state index is 11.7. The Labute approximate surface area is 106 Å². The predicted molar refractivity (Wildman–Crippen MR) is 67.3 cm³/mol. The fourth-order valence-electron chi connectivity index (χ4n) is 2.01. The number of halogens is 1. The van der Waals surface area contributed by atoms with Crippen LogP contribution in [-0.4, -0.2) is 29.3 Å². The number of ether oxygens (including phenoxy) is 1. The van der Waals surface area contributed by atoms with Crippen LogP contribution in [0, 0.1) is 0 Å². The molecule has 1 aliphatic heterocycles. The van der Waals surface area contributed by atoms with Crippen LogP contribution < -0.4 is 4.74 Å². The lowest BCUT2D eigenvalue weighted by Gasteiger charge is -2.18. The molecule has 0 N–H and O–H groups in total. The van der Waals surface area contributed by atoms with Gasteiger partial charge in [-0.3, -0.25) is 4.79 Å². The van der Waals surface area contributed by atoms with Crippen molar-refractivity contribution in [1.82, 2.24) is 4.90 Å². The van der Waals surface area contributed by atoms with Gasteiger partial charge in [-0.2, -0.15) is 0 Å². The number of nitrogens with zero attached hydrogens (tertiary/aromatic N) is 1. The van der Waals surface area contributed by atoms with Gasteiger partial charge in [-0.05, 0) is 13.0 Å². The Kier molecular flexibility index (Phi) is 3.89. The quantitative estimate of drug-likeness (QED) is 0.772. The number of amides is 1. The van der Waals surface area contributed by atoms with Crippen molar-refractivity contribution in [2.75, 3.05) is 13.2 Å². The van der Waals surface area contributed by atoms with Gasteiger partial charge in [0.2, 0.25) is 5.91 Å². The molecule has 1 unspecified atom stereocenters. The smallest absolute Gasteiger partial charge is 0.224 e. The van der Waals surface area contributed by atoms with E-state index in [2.05, 4.69) is 0 Å². The van der Waals surface area contributed by atoms with E-state index in [1.54, 1.807) is 4.90 Å². The first-order chi connectivity index (χ1) is 8.20. The Morgan fingerprint density at radius 2 is 2.24 bits per heavy atom. The third kappa shape index (κ3) is 2.91. The van der Waals surface area contributed by atoms with E-state index in [4.69, 9.17) is 16.3 Å². The molecule has 0 aliphatic carbocycles. The average molecular weight is 254 g/mol. The summed E-state index contributed by atoms with van der Waals surface area (Å²) in [6, 6.07) is 7.80. The Morgan fingerprint density at radius 1 is 1.47 bits per heavy atom. The zero-order chi connectivity index (χ0) is 12.3. The second-order valence-corrected chi connectivity index (χ2v) is 4.73. The summed E-state index contributed by atoms with van der Waals surface area (Å²) in [4.78, 5) is 13.4. The Morgan fingerprint density at radius 3 is 2.88 bits per heavy atom. The lowest BCUT2D eigenvalue weighted by molar-refractivity contribution is -0.128. The highest BCUT2D eigenvalue weighted by Gasteiger charge is 2.28. The van der Waals surface area contributed by atoms with Crippen LogP contribution in [0.2, 0.25) is 0 Å². The lowest BCUT2D eigenvalue weighted by atomic mass is 10.2. The van der Waals surface area contributed by atoms with Gasteiger partial charge in [-0.25, -0.2) is 0 Å². The van der Waals surface area contributed by atoms with Crippen molar-refractivity contribution in [3.05, 3.63) is 29.8 Å². The first kappa shape index (κ1) is 12.2. The number of alkyl halides is 1. The molecule has 4 heteroatoms. The highest BCUT2D eigenvalue weighted by molar-refractivity contribution is 6.22. The number of para-hydroxylation sites is 1. The van der Waals surface area contributed by atoms with Crippen LogP contribution in [0.3, 0.4) is 0 Å². The fourth-order valence-corrected chi connectivity index (χ4v) is 2.31.